The molecule has 8 aromatic rings. The van der Waals surface area contributed by atoms with Gasteiger partial charge in [0.2, 0.25) is 0 Å². The van der Waals surface area contributed by atoms with E-state index in [9.17, 15) is 30.6 Å². The van der Waals surface area contributed by atoms with Crippen molar-refractivity contribution in [3.63, 3.8) is 0 Å². The smallest absolute Gasteiger partial charge is 0.127 e. The van der Waals surface area contributed by atoms with Crippen LogP contribution in [0.3, 0.4) is 0 Å². The van der Waals surface area contributed by atoms with Crippen molar-refractivity contribution in [2.24, 2.45) is 0 Å². The molecule has 0 spiro atoms. The Hall–Kier alpha value is -8.36. The average Bonchev–Trinajstić information content (AvgIpc) is 3.45. The summed E-state index contributed by atoms with van der Waals surface area (Å²) >= 11 is 0. The maximum atomic E-state index is 13.6. The SMILES string of the molecule is CC.CC.CC.CC.CC.CC.[O-]C1=C(c2c(O)cc(-c3ccc(N(c4ccccc4)c4ccccc4)cc3)cc2O)C([O-])=C1c1c(O)cc(-c2ccc(N(c3ccccc3)c3ccccc3)cc2)cc1O. The van der Waals surface area contributed by atoms with E-state index in [0.717, 1.165) is 34.1 Å². The molecule has 9 rings (SSSR count). The van der Waals surface area contributed by atoms with Crippen molar-refractivity contribution in [1.82, 2.24) is 0 Å². The molecule has 8 nitrogen and oxygen atoms in total. The predicted molar refractivity (Wildman–Crippen MR) is 302 cm³/mol. The number of rotatable bonds is 10. The Balaban J connectivity index is 0.00000106. The average molecular weight is 965 g/mol. The zero-order chi connectivity index (χ0) is 53.3. The molecule has 1 aliphatic carbocycles. The minimum atomic E-state index is -0.825. The maximum Gasteiger partial charge on any atom is 0.127 e. The fourth-order valence-corrected chi connectivity index (χ4v) is 7.73. The van der Waals surface area contributed by atoms with Crippen LogP contribution in [0.25, 0.3) is 33.4 Å². The molecule has 0 aromatic heterocycles. The quantitative estimate of drug-likeness (QED) is 0.106. The number of hydrogen-bond acceptors (Lipinski definition) is 8. The second-order valence-corrected chi connectivity index (χ2v) is 14.3. The molecule has 0 heterocycles. The molecular formula is C64H72N2O6-2. The van der Waals surface area contributed by atoms with Crippen molar-refractivity contribution in [3.05, 3.63) is 217 Å². The lowest BCUT2D eigenvalue weighted by molar-refractivity contribution is -0.316. The van der Waals surface area contributed by atoms with Crippen LogP contribution in [0.4, 0.5) is 34.1 Å². The summed E-state index contributed by atoms with van der Waals surface area (Å²) in [6, 6.07) is 60.4. The fraction of sp³-hybridized carbons (Fsp3) is 0.188. The lowest BCUT2D eigenvalue weighted by Crippen LogP contribution is -2.27. The number of anilines is 6. The third-order valence-corrected chi connectivity index (χ3v) is 10.6. The van der Waals surface area contributed by atoms with Crippen LogP contribution in [0.2, 0.25) is 0 Å². The number of phenolic OH excluding ortho intramolecular Hbond substituents is 4. The highest BCUT2D eigenvalue weighted by molar-refractivity contribution is 6.09. The van der Waals surface area contributed by atoms with Crippen LogP contribution in [-0.2, 0) is 0 Å². The Morgan fingerprint density at radius 2 is 0.458 bits per heavy atom. The van der Waals surface area contributed by atoms with Gasteiger partial charge >= 0.3 is 0 Å². The monoisotopic (exact) mass is 965 g/mol. The van der Waals surface area contributed by atoms with Crippen LogP contribution in [0.5, 0.6) is 23.0 Å². The summed E-state index contributed by atoms with van der Waals surface area (Å²) in [5.74, 6) is -3.52. The molecule has 0 amide bonds. The van der Waals surface area contributed by atoms with Gasteiger partial charge in [0.1, 0.15) is 23.0 Å². The van der Waals surface area contributed by atoms with Gasteiger partial charge in [0.15, 0.2) is 0 Å². The lowest BCUT2D eigenvalue weighted by atomic mass is 9.82. The largest absolute Gasteiger partial charge is 0.872 e. The van der Waals surface area contributed by atoms with Crippen LogP contribution >= 0.6 is 0 Å². The van der Waals surface area contributed by atoms with Crippen molar-refractivity contribution in [2.45, 2.75) is 83.1 Å². The molecule has 0 unspecified atom stereocenters. The molecule has 376 valence electrons. The molecule has 0 saturated heterocycles. The van der Waals surface area contributed by atoms with E-state index in [0.29, 0.717) is 22.3 Å². The Bertz CT molecular complexity index is 2560. The van der Waals surface area contributed by atoms with Crippen LogP contribution in [-0.4, -0.2) is 20.4 Å². The number of aromatic hydroxyl groups is 4. The molecule has 0 atom stereocenters. The number of nitrogens with zero attached hydrogens (tertiary/aromatic N) is 2. The number of para-hydroxylation sites is 4. The van der Waals surface area contributed by atoms with E-state index in [1.165, 1.54) is 24.3 Å². The van der Waals surface area contributed by atoms with Crippen molar-refractivity contribution in [2.75, 3.05) is 9.80 Å². The number of benzene rings is 8. The normalized spacial score (nSPS) is 10.7. The predicted octanol–water partition coefficient (Wildman–Crippen LogP) is 16.8. The third kappa shape index (κ3) is 13.1. The van der Waals surface area contributed by atoms with E-state index < -0.39 is 45.7 Å². The van der Waals surface area contributed by atoms with Gasteiger partial charge in [-0.1, -0.05) is 192 Å². The molecule has 0 aliphatic heterocycles. The van der Waals surface area contributed by atoms with Crippen LogP contribution in [0.15, 0.2) is 206 Å². The van der Waals surface area contributed by atoms with Crippen LogP contribution in [0.1, 0.15) is 94.2 Å². The summed E-state index contributed by atoms with van der Waals surface area (Å²) < 4.78 is 0. The molecule has 1 aliphatic rings. The van der Waals surface area contributed by atoms with Crippen molar-refractivity contribution >= 4 is 45.3 Å². The maximum absolute atomic E-state index is 13.6. The summed E-state index contributed by atoms with van der Waals surface area (Å²) in [5.41, 5.74) is 6.41. The molecule has 4 N–H and O–H groups in total. The summed E-state index contributed by atoms with van der Waals surface area (Å²) in [7, 11) is 0. The first-order chi connectivity index (χ1) is 35.3. The summed E-state index contributed by atoms with van der Waals surface area (Å²) in [4.78, 5) is 4.21. The fourth-order valence-electron chi connectivity index (χ4n) is 7.73. The first kappa shape index (κ1) is 58.0. The molecule has 0 fully saturated rings. The molecule has 0 bridgehead atoms. The van der Waals surface area contributed by atoms with Crippen LogP contribution in [0, 0.1) is 0 Å². The molecule has 0 radical (unpaired) electrons. The number of allylic oxidation sites excluding steroid dienone is 2. The van der Waals surface area contributed by atoms with Gasteiger partial charge in [0, 0.05) is 34.1 Å². The lowest BCUT2D eigenvalue weighted by Gasteiger charge is -2.40. The van der Waals surface area contributed by atoms with Crippen molar-refractivity contribution in [3.8, 4) is 45.3 Å². The van der Waals surface area contributed by atoms with Gasteiger partial charge in [-0.15, -0.1) is 0 Å². The second-order valence-electron chi connectivity index (χ2n) is 14.3. The molecular weight excluding hydrogens is 893 g/mol. The zero-order valence-corrected chi connectivity index (χ0v) is 44.0. The highest BCUT2D eigenvalue weighted by Gasteiger charge is 2.28. The Kier molecular flexibility index (Phi) is 23.8. The summed E-state index contributed by atoms with van der Waals surface area (Å²) in [6.45, 7) is 24.0. The number of hydrogen-bond donors (Lipinski definition) is 4. The summed E-state index contributed by atoms with van der Waals surface area (Å²) in [6.07, 6.45) is 0. The molecule has 8 aromatic carbocycles. The Labute approximate surface area is 429 Å². The van der Waals surface area contributed by atoms with Gasteiger partial charge in [-0.2, -0.15) is 0 Å². The van der Waals surface area contributed by atoms with E-state index in [1.54, 1.807) is 0 Å². The van der Waals surface area contributed by atoms with Gasteiger partial charge in [0.25, 0.3) is 0 Å². The van der Waals surface area contributed by atoms with E-state index >= 15 is 0 Å². The van der Waals surface area contributed by atoms with Gasteiger partial charge in [-0.25, -0.2) is 0 Å². The zero-order valence-electron chi connectivity index (χ0n) is 44.0. The van der Waals surface area contributed by atoms with Gasteiger partial charge in [-0.05, 0) is 130 Å². The highest BCUT2D eigenvalue weighted by atomic mass is 16.3. The third-order valence-electron chi connectivity index (χ3n) is 10.6. The second kappa shape index (κ2) is 29.6. The van der Waals surface area contributed by atoms with E-state index in [2.05, 4.69) is 9.80 Å². The Morgan fingerprint density at radius 1 is 0.264 bits per heavy atom. The van der Waals surface area contributed by atoms with E-state index in [4.69, 9.17) is 0 Å². The molecule has 0 saturated carbocycles. The van der Waals surface area contributed by atoms with Crippen LogP contribution < -0.4 is 20.0 Å². The van der Waals surface area contributed by atoms with Crippen molar-refractivity contribution < 1.29 is 30.6 Å². The van der Waals surface area contributed by atoms with Gasteiger partial charge in [-0.3, -0.25) is 0 Å². The van der Waals surface area contributed by atoms with Crippen molar-refractivity contribution in [1.29, 1.82) is 0 Å². The Morgan fingerprint density at radius 3 is 0.667 bits per heavy atom. The first-order valence-electron chi connectivity index (χ1n) is 25.2. The van der Waals surface area contributed by atoms with Gasteiger partial charge in [0.05, 0.1) is 11.1 Å². The van der Waals surface area contributed by atoms with E-state index in [-0.39, 0.29) is 11.1 Å². The minimum Gasteiger partial charge on any atom is -0.872 e. The highest BCUT2D eigenvalue weighted by Crippen LogP contribution is 2.52. The number of phenols is 4. The first-order valence-corrected chi connectivity index (χ1v) is 25.2. The summed E-state index contributed by atoms with van der Waals surface area (Å²) in [5, 5.41) is 71.8. The van der Waals surface area contributed by atoms with E-state index in [1.807, 2.05) is 253 Å². The topological polar surface area (TPSA) is 134 Å². The van der Waals surface area contributed by atoms with Gasteiger partial charge < -0.3 is 40.4 Å². The minimum absolute atomic E-state index is 0.316. The molecule has 8 heteroatoms. The molecule has 72 heavy (non-hydrogen) atoms. The standard InChI is InChI=1S/C52H38N2O6.6C2H6/c55-43-29-35(33-21-25-41(26-22-33)53(37-13-5-1-6-14-37)38-15-7-2-8-16-38)30-44(56)47(43)49-51(59)50(52(49)60)48-45(57)31-36(32-46(48)58)34-23-27-42(28-24-34)54(39-17-9-3-10-18-39)40-19-11-4-12-20-40;6*1-2/h1-32,55-60H;6*1-2H3/p-2.